The van der Waals surface area contributed by atoms with Crippen LogP contribution in [-0.4, -0.2) is 22.8 Å². The van der Waals surface area contributed by atoms with Gasteiger partial charge in [0, 0.05) is 17.8 Å². The maximum atomic E-state index is 11.8. The fourth-order valence-electron chi connectivity index (χ4n) is 1.38. The number of aromatic nitrogens is 1. The molecule has 5 nitrogen and oxygen atoms in total. The number of anilines is 1. The first-order valence-electron chi connectivity index (χ1n) is 6.48. The SMILES string of the molecule is CCC(C)NC(=O)c1csc(NC(=O)CC(C)C)n1. The molecule has 1 aromatic heterocycles. The smallest absolute Gasteiger partial charge is 0.271 e. The molecular formula is C13H21N3O2S. The molecule has 1 unspecified atom stereocenters. The number of thiazole rings is 1. The Hall–Kier alpha value is -1.43. The van der Waals surface area contributed by atoms with Gasteiger partial charge in [-0.05, 0) is 19.3 Å². The summed E-state index contributed by atoms with van der Waals surface area (Å²) in [5, 5.41) is 7.67. The van der Waals surface area contributed by atoms with Gasteiger partial charge in [-0.2, -0.15) is 0 Å². The highest BCUT2D eigenvalue weighted by atomic mass is 32.1. The molecular weight excluding hydrogens is 262 g/mol. The minimum Gasteiger partial charge on any atom is -0.348 e. The van der Waals surface area contributed by atoms with Gasteiger partial charge in [0.05, 0.1) is 0 Å². The van der Waals surface area contributed by atoms with Crippen LogP contribution >= 0.6 is 11.3 Å². The molecule has 0 bridgehead atoms. The fraction of sp³-hybridized carbons (Fsp3) is 0.615. The molecule has 0 aliphatic heterocycles. The number of nitrogens with zero attached hydrogens (tertiary/aromatic N) is 1. The summed E-state index contributed by atoms with van der Waals surface area (Å²) in [6.07, 6.45) is 1.32. The Morgan fingerprint density at radius 2 is 2.05 bits per heavy atom. The van der Waals surface area contributed by atoms with Gasteiger partial charge in [0.15, 0.2) is 5.13 Å². The van der Waals surface area contributed by atoms with Crippen LogP contribution in [0.25, 0.3) is 0 Å². The Balaban J connectivity index is 2.57. The quantitative estimate of drug-likeness (QED) is 0.843. The zero-order chi connectivity index (χ0) is 14.4. The summed E-state index contributed by atoms with van der Waals surface area (Å²) in [4.78, 5) is 27.5. The van der Waals surface area contributed by atoms with Gasteiger partial charge in [-0.15, -0.1) is 11.3 Å². The molecule has 0 aromatic carbocycles. The lowest BCUT2D eigenvalue weighted by atomic mass is 10.1. The van der Waals surface area contributed by atoms with E-state index in [0.29, 0.717) is 23.2 Å². The van der Waals surface area contributed by atoms with Crippen molar-refractivity contribution >= 4 is 28.3 Å². The molecule has 0 saturated heterocycles. The number of hydrogen-bond donors (Lipinski definition) is 2. The van der Waals surface area contributed by atoms with Gasteiger partial charge < -0.3 is 10.6 Å². The number of hydrogen-bond acceptors (Lipinski definition) is 4. The number of rotatable bonds is 6. The van der Waals surface area contributed by atoms with Gasteiger partial charge in [0.25, 0.3) is 5.91 Å². The summed E-state index contributed by atoms with van der Waals surface area (Å²) >= 11 is 1.26. The van der Waals surface area contributed by atoms with Crippen LogP contribution in [0.1, 0.15) is 51.0 Å². The van der Waals surface area contributed by atoms with Crippen LogP contribution in [0.3, 0.4) is 0 Å². The first kappa shape index (κ1) is 15.6. The average molecular weight is 283 g/mol. The van der Waals surface area contributed by atoms with E-state index < -0.39 is 0 Å². The summed E-state index contributed by atoms with van der Waals surface area (Å²) in [7, 11) is 0. The van der Waals surface area contributed by atoms with E-state index in [0.717, 1.165) is 6.42 Å². The van der Waals surface area contributed by atoms with Gasteiger partial charge in [-0.25, -0.2) is 4.98 Å². The third kappa shape index (κ3) is 5.38. The second kappa shape index (κ2) is 7.23. The van der Waals surface area contributed by atoms with Crippen LogP contribution in [0, 0.1) is 5.92 Å². The molecule has 0 saturated carbocycles. The van der Waals surface area contributed by atoms with Gasteiger partial charge in [-0.1, -0.05) is 20.8 Å². The highest BCUT2D eigenvalue weighted by Crippen LogP contribution is 2.16. The topological polar surface area (TPSA) is 71.1 Å². The predicted octanol–water partition coefficient (Wildman–Crippen LogP) is 2.66. The predicted molar refractivity (Wildman–Crippen MR) is 77.4 cm³/mol. The van der Waals surface area contributed by atoms with Crippen molar-refractivity contribution < 1.29 is 9.59 Å². The average Bonchev–Trinajstić information content (AvgIpc) is 2.76. The fourth-order valence-corrected chi connectivity index (χ4v) is 2.08. The lowest BCUT2D eigenvalue weighted by molar-refractivity contribution is -0.116. The molecule has 1 aromatic rings. The van der Waals surface area contributed by atoms with E-state index >= 15 is 0 Å². The lowest BCUT2D eigenvalue weighted by Crippen LogP contribution is -2.32. The van der Waals surface area contributed by atoms with Crippen molar-refractivity contribution in [2.45, 2.75) is 46.6 Å². The molecule has 6 heteroatoms. The molecule has 2 amide bonds. The third-order valence-corrected chi connectivity index (χ3v) is 3.32. The van der Waals surface area contributed by atoms with Gasteiger partial charge in [0.1, 0.15) is 5.69 Å². The van der Waals surface area contributed by atoms with Crippen molar-refractivity contribution in [3.8, 4) is 0 Å². The molecule has 1 heterocycles. The second-order valence-electron chi connectivity index (χ2n) is 4.97. The Labute approximate surface area is 117 Å². The van der Waals surface area contributed by atoms with Crippen molar-refractivity contribution in [2.24, 2.45) is 5.92 Å². The van der Waals surface area contributed by atoms with Crippen molar-refractivity contribution in [1.29, 1.82) is 0 Å². The highest BCUT2D eigenvalue weighted by molar-refractivity contribution is 7.14. The van der Waals surface area contributed by atoms with Crippen molar-refractivity contribution in [3.05, 3.63) is 11.1 Å². The summed E-state index contributed by atoms with van der Waals surface area (Å²) < 4.78 is 0. The van der Waals surface area contributed by atoms with Crippen molar-refractivity contribution in [2.75, 3.05) is 5.32 Å². The Kier molecular flexibility index (Phi) is 5.95. The van der Waals surface area contributed by atoms with E-state index in [1.54, 1.807) is 5.38 Å². The zero-order valence-electron chi connectivity index (χ0n) is 11.8. The molecule has 0 aliphatic carbocycles. The molecule has 1 rings (SSSR count). The molecule has 19 heavy (non-hydrogen) atoms. The van der Waals surface area contributed by atoms with Crippen molar-refractivity contribution in [1.82, 2.24) is 10.3 Å². The van der Waals surface area contributed by atoms with Crippen LogP contribution in [0.15, 0.2) is 5.38 Å². The van der Waals surface area contributed by atoms with Crippen LogP contribution in [0.5, 0.6) is 0 Å². The molecule has 0 radical (unpaired) electrons. The number of carbonyl (C=O) groups excluding carboxylic acids is 2. The normalized spacial score (nSPS) is 12.3. The summed E-state index contributed by atoms with van der Waals surface area (Å²) in [6.45, 7) is 7.90. The summed E-state index contributed by atoms with van der Waals surface area (Å²) in [5.41, 5.74) is 0.352. The summed E-state index contributed by atoms with van der Waals surface area (Å²) in [6, 6.07) is 0.119. The highest BCUT2D eigenvalue weighted by Gasteiger charge is 2.14. The van der Waals surface area contributed by atoms with E-state index in [9.17, 15) is 9.59 Å². The van der Waals surface area contributed by atoms with E-state index in [1.807, 2.05) is 27.7 Å². The lowest BCUT2D eigenvalue weighted by Gasteiger charge is -2.09. The van der Waals surface area contributed by atoms with E-state index in [-0.39, 0.29) is 17.9 Å². The van der Waals surface area contributed by atoms with Crippen LogP contribution in [0.2, 0.25) is 0 Å². The van der Waals surface area contributed by atoms with E-state index in [2.05, 4.69) is 15.6 Å². The standard InChI is InChI=1S/C13H21N3O2S/c1-5-9(4)14-12(18)10-7-19-13(15-10)16-11(17)6-8(2)3/h7-9H,5-6H2,1-4H3,(H,14,18)(H,15,16,17). The zero-order valence-corrected chi connectivity index (χ0v) is 12.6. The minimum atomic E-state index is -0.199. The van der Waals surface area contributed by atoms with E-state index in [1.165, 1.54) is 11.3 Å². The first-order valence-corrected chi connectivity index (χ1v) is 7.36. The molecule has 0 fully saturated rings. The van der Waals surface area contributed by atoms with Crippen LogP contribution < -0.4 is 10.6 Å². The number of nitrogens with one attached hydrogen (secondary N) is 2. The first-order chi connectivity index (χ1) is 8.92. The molecule has 2 N–H and O–H groups in total. The molecule has 106 valence electrons. The number of amides is 2. The Bertz CT molecular complexity index is 443. The van der Waals surface area contributed by atoms with E-state index in [4.69, 9.17) is 0 Å². The maximum Gasteiger partial charge on any atom is 0.271 e. The Morgan fingerprint density at radius 1 is 1.37 bits per heavy atom. The minimum absolute atomic E-state index is 0.0711. The second-order valence-corrected chi connectivity index (χ2v) is 5.82. The van der Waals surface area contributed by atoms with Gasteiger partial charge in [-0.3, -0.25) is 9.59 Å². The Morgan fingerprint density at radius 3 is 2.63 bits per heavy atom. The maximum absolute atomic E-state index is 11.8. The third-order valence-electron chi connectivity index (χ3n) is 2.57. The molecule has 0 spiro atoms. The van der Waals surface area contributed by atoms with Crippen LogP contribution in [0.4, 0.5) is 5.13 Å². The number of carbonyl (C=O) groups is 2. The van der Waals surface area contributed by atoms with Crippen LogP contribution in [-0.2, 0) is 4.79 Å². The van der Waals surface area contributed by atoms with Gasteiger partial charge in [0.2, 0.25) is 5.91 Å². The van der Waals surface area contributed by atoms with Crippen molar-refractivity contribution in [3.63, 3.8) is 0 Å². The summed E-state index contributed by atoms with van der Waals surface area (Å²) in [5.74, 6) is 0.0290. The largest absolute Gasteiger partial charge is 0.348 e. The molecule has 1 atom stereocenters. The monoisotopic (exact) mass is 283 g/mol. The van der Waals surface area contributed by atoms with Gasteiger partial charge >= 0.3 is 0 Å². The molecule has 0 aliphatic rings.